The number of nitrogens with zero attached hydrogens (tertiary/aromatic N) is 3. The van der Waals surface area contributed by atoms with Crippen molar-refractivity contribution in [3.63, 3.8) is 0 Å². The highest BCUT2D eigenvalue weighted by Crippen LogP contribution is 2.32. The summed E-state index contributed by atoms with van der Waals surface area (Å²) < 4.78 is 10.6. The van der Waals surface area contributed by atoms with Gasteiger partial charge in [0.2, 0.25) is 17.6 Å². The molecule has 1 heterocycles. The summed E-state index contributed by atoms with van der Waals surface area (Å²) in [6.07, 6.45) is 3.55. The minimum absolute atomic E-state index is 0.226. The van der Waals surface area contributed by atoms with E-state index in [0.29, 0.717) is 24.7 Å². The number of carbonyl (C=O) groups excluding carboxylic acids is 1. The zero-order valence-corrected chi connectivity index (χ0v) is 15.1. The lowest BCUT2D eigenvalue weighted by Crippen LogP contribution is -2.40. The molecule has 0 radical (unpaired) electrons. The third kappa shape index (κ3) is 4.18. The van der Waals surface area contributed by atoms with Crippen LogP contribution in [0.25, 0.3) is 11.4 Å². The van der Waals surface area contributed by atoms with Gasteiger partial charge in [0.15, 0.2) is 0 Å². The fraction of sp³-hybridized carbons (Fsp3) is 0.526. The topological polar surface area (TPSA) is 68.5 Å². The SMILES string of the molecule is CC[C@@H](C)N(CCc1nc(-c2cccc(OC)c2)no1)C(=O)C1CC1. The van der Waals surface area contributed by atoms with Crippen molar-refractivity contribution in [2.45, 2.75) is 45.6 Å². The van der Waals surface area contributed by atoms with Crippen molar-refractivity contribution in [3.8, 4) is 17.1 Å². The molecule has 6 heteroatoms. The van der Waals surface area contributed by atoms with E-state index in [2.05, 4.69) is 24.0 Å². The van der Waals surface area contributed by atoms with Crippen LogP contribution in [0, 0.1) is 5.92 Å². The van der Waals surface area contributed by atoms with E-state index in [1.807, 2.05) is 29.2 Å². The van der Waals surface area contributed by atoms with Gasteiger partial charge in [-0.3, -0.25) is 4.79 Å². The lowest BCUT2D eigenvalue weighted by atomic mass is 10.2. The molecule has 134 valence electrons. The molecule has 25 heavy (non-hydrogen) atoms. The second-order valence-corrected chi connectivity index (χ2v) is 6.56. The van der Waals surface area contributed by atoms with E-state index in [9.17, 15) is 4.79 Å². The third-order valence-corrected chi connectivity index (χ3v) is 4.70. The summed E-state index contributed by atoms with van der Waals surface area (Å²) in [5.74, 6) is 2.33. The first-order chi connectivity index (χ1) is 12.1. The molecular weight excluding hydrogens is 318 g/mol. The smallest absolute Gasteiger partial charge is 0.228 e. The lowest BCUT2D eigenvalue weighted by Gasteiger charge is -2.28. The van der Waals surface area contributed by atoms with Crippen molar-refractivity contribution < 1.29 is 14.1 Å². The van der Waals surface area contributed by atoms with Gasteiger partial charge >= 0.3 is 0 Å². The first-order valence-corrected chi connectivity index (χ1v) is 8.89. The van der Waals surface area contributed by atoms with E-state index in [1.54, 1.807) is 7.11 Å². The molecule has 1 aromatic carbocycles. The Morgan fingerprint density at radius 2 is 2.24 bits per heavy atom. The van der Waals surface area contributed by atoms with Crippen molar-refractivity contribution in [2.75, 3.05) is 13.7 Å². The molecule has 1 aliphatic carbocycles. The van der Waals surface area contributed by atoms with Gasteiger partial charge < -0.3 is 14.2 Å². The van der Waals surface area contributed by atoms with E-state index in [1.165, 1.54) is 0 Å². The van der Waals surface area contributed by atoms with Crippen molar-refractivity contribution in [3.05, 3.63) is 30.2 Å². The van der Waals surface area contributed by atoms with Gasteiger partial charge in [-0.1, -0.05) is 24.2 Å². The Morgan fingerprint density at radius 3 is 2.92 bits per heavy atom. The second-order valence-electron chi connectivity index (χ2n) is 6.56. The number of amides is 1. The maximum absolute atomic E-state index is 12.5. The van der Waals surface area contributed by atoms with Gasteiger partial charge in [0, 0.05) is 30.5 Å². The summed E-state index contributed by atoms with van der Waals surface area (Å²) in [5.41, 5.74) is 0.849. The van der Waals surface area contributed by atoms with E-state index in [0.717, 1.165) is 30.6 Å². The molecule has 1 fully saturated rings. The maximum atomic E-state index is 12.5. The number of hydrogen-bond acceptors (Lipinski definition) is 5. The normalized spacial score (nSPS) is 15.0. The first-order valence-electron chi connectivity index (χ1n) is 8.89. The number of carbonyl (C=O) groups is 1. The van der Waals surface area contributed by atoms with Crippen LogP contribution in [0.3, 0.4) is 0 Å². The zero-order valence-electron chi connectivity index (χ0n) is 15.1. The molecule has 0 aliphatic heterocycles. The molecular formula is C19H25N3O3. The molecule has 1 amide bonds. The number of ether oxygens (including phenoxy) is 1. The molecule has 0 spiro atoms. The molecule has 0 saturated heterocycles. The predicted octanol–water partition coefficient (Wildman–Crippen LogP) is 3.32. The molecule has 0 bridgehead atoms. The minimum atomic E-state index is 0.226. The first kappa shape index (κ1) is 17.5. The van der Waals surface area contributed by atoms with Gasteiger partial charge in [-0.05, 0) is 38.3 Å². The summed E-state index contributed by atoms with van der Waals surface area (Å²) >= 11 is 0. The fourth-order valence-corrected chi connectivity index (χ4v) is 2.78. The van der Waals surface area contributed by atoms with E-state index >= 15 is 0 Å². The summed E-state index contributed by atoms with van der Waals surface area (Å²) in [6.45, 7) is 4.81. The molecule has 6 nitrogen and oxygen atoms in total. The third-order valence-electron chi connectivity index (χ3n) is 4.70. The maximum Gasteiger partial charge on any atom is 0.228 e. The average molecular weight is 343 g/mol. The molecule has 1 atom stereocenters. The van der Waals surface area contributed by atoms with Crippen LogP contribution in [-0.2, 0) is 11.2 Å². The Balaban J connectivity index is 1.66. The number of benzene rings is 1. The van der Waals surface area contributed by atoms with Crippen LogP contribution < -0.4 is 4.74 Å². The van der Waals surface area contributed by atoms with E-state index in [4.69, 9.17) is 9.26 Å². The van der Waals surface area contributed by atoms with E-state index < -0.39 is 0 Å². The number of methoxy groups -OCH3 is 1. The Kier molecular flexibility index (Phi) is 5.36. The van der Waals surface area contributed by atoms with Crippen molar-refractivity contribution >= 4 is 5.91 Å². The quantitative estimate of drug-likeness (QED) is 0.735. The van der Waals surface area contributed by atoms with Crippen LogP contribution in [-0.4, -0.2) is 40.6 Å². The summed E-state index contributed by atoms with van der Waals surface area (Å²) in [7, 11) is 1.63. The lowest BCUT2D eigenvalue weighted by molar-refractivity contribution is -0.134. The van der Waals surface area contributed by atoms with Gasteiger partial charge in [-0.15, -0.1) is 0 Å². The van der Waals surface area contributed by atoms with Crippen LogP contribution in [0.2, 0.25) is 0 Å². The Hall–Kier alpha value is -2.37. The average Bonchev–Trinajstić information content (AvgIpc) is 3.40. The number of rotatable bonds is 8. The minimum Gasteiger partial charge on any atom is -0.497 e. The second kappa shape index (κ2) is 7.68. The summed E-state index contributed by atoms with van der Waals surface area (Å²) in [4.78, 5) is 18.9. The van der Waals surface area contributed by atoms with Crippen molar-refractivity contribution in [2.24, 2.45) is 5.92 Å². The molecule has 1 saturated carbocycles. The predicted molar refractivity (Wildman–Crippen MR) is 94.2 cm³/mol. The highest BCUT2D eigenvalue weighted by Gasteiger charge is 2.34. The number of aromatic nitrogens is 2. The molecule has 3 rings (SSSR count). The van der Waals surface area contributed by atoms with Crippen molar-refractivity contribution in [1.82, 2.24) is 15.0 Å². The summed E-state index contributed by atoms with van der Waals surface area (Å²) in [6, 6.07) is 7.78. The van der Waals surface area contributed by atoms with Crippen LogP contribution in [0.5, 0.6) is 5.75 Å². The van der Waals surface area contributed by atoms with Gasteiger partial charge in [0.1, 0.15) is 5.75 Å². The standard InChI is InChI=1S/C19H25N3O3/c1-4-13(2)22(19(23)14-8-9-14)11-10-17-20-18(21-25-17)15-6-5-7-16(12-15)24-3/h5-7,12-14H,4,8-11H2,1-3H3/t13-/m1/s1. The zero-order chi connectivity index (χ0) is 17.8. The van der Waals surface area contributed by atoms with Gasteiger partial charge in [0.05, 0.1) is 7.11 Å². The fourth-order valence-electron chi connectivity index (χ4n) is 2.78. The van der Waals surface area contributed by atoms with Crippen molar-refractivity contribution in [1.29, 1.82) is 0 Å². The van der Waals surface area contributed by atoms with Crippen LogP contribution in [0.4, 0.5) is 0 Å². The van der Waals surface area contributed by atoms with Crippen LogP contribution >= 0.6 is 0 Å². The highest BCUT2D eigenvalue weighted by atomic mass is 16.5. The number of hydrogen-bond donors (Lipinski definition) is 0. The molecule has 2 aromatic rings. The van der Waals surface area contributed by atoms with Gasteiger partial charge in [-0.25, -0.2) is 0 Å². The Labute approximate surface area is 148 Å². The Bertz CT molecular complexity index is 724. The van der Waals surface area contributed by atoms with Gasteiger partial charge in [0.25, 0.3) is 0 Å². The molecule has 0 N–H and O–H groups in total. The van der Waals surface area contributed by atoms with Crippen LogP contribution in [0.1, 0.15) is 39.0 Å². The Morgan fingerprint density at radius 1 is 1.44 bits per heavy atom. The largest absolute Gasteiger partial charge is 0.497 e. The summed E-state index contributed by atoms with van der Waals surface area (Å²) in [5, 5.41) is 4.05. The van der Waals surface area contributed by atoms with Crippen LogP contribution in [0.15, 0.2) is 28.8 Å². The van der Waals surface area contributed by atoms with E-state index in [-0.39, 0.29) is 17.9 Å². The molecule has 0 unspecified atom stereocenters. The highest BCUT2D eigenvalue weighted by molar-refractivity contribution is 5.81. The molecule has 1 aliphatic rings. The van der Waals surface area contributed by atoms with Gasteiger partial charge in [-0.2, -0.15) is 4.98 Å². The molecule has 1 aromatic heterocycles. The monoisotopic (exact) mass is 343 g/mol.